The van der Waals surface area contributed by atoms with Gasteiger partial charge in [0, 0.05) is 13.0 Å². The maximum Gasteiger partial charge on any atom is 0.397 e. The van der Waals surface area contributed by atoms with Crippen molar-refractivity contribution in [2.24, 2.45) is 0 Å². The van der Waals surface area contributed by atoms with Crippen LogP contribution in [0.3, 0.4) is 0 Å². The summed E-state index contributed by atoms with van der Waals surface area (Å²) in [5, 5.41) is 30.7. The molecule has 12 nitrogen and oxygen atoms in total. The van der Waals surface area contributed by atoms with E-state index in [1.807, 2.05) is 0 Å². The lowest BCUT2D eigenvalue weighted by molar-refractivity contribution is -0.301. The third-order valence-electron chi connectivity index (χ3n) is 10.8. The van der Waals surface area contributed by atoms with Crippen LogP contribution in [-0.4, -0.2) is 97.5 Å². The van der Waals surface area contributed by atoms with Crippen LogP contribution in [0.4, 0.5) is 0 Å². The normalized spacial score (nSPS) is 20.5. The molecule has 348 valence electrons. The van der Waals surface area contributed by atoms with Crippen molar-refractivity contribution in [3.63, 3.8) is 0 Å². The highest BCUT2D eigenvalue weighted by Gasteiger charge is 2.48. The number of unbranched alkanes of at least 4 members (excludes halogenated alkanes) is 24. The standard InChI is InChI=1S/C46H86O12S/c1-3-5-7-9-11-13-15-17-19-20-21-22-23-25-27-29-31-33-35-42(48)56-40(38-54-36-34-32-30-28-26-24-18-16-14-12-10-8-6-4-2)39-55-46-44(50)45(58-59(51,52)53)43(49)41(37-47)57-46/h13,15,19-20,40-41,43-47,49-50H,3-12,14,16-18,21-39H2,1-2H3,(H,51,52,53)/b15-13-,20-19-. The highest BCUT2D eigenvalue weighted by molar-refractivity contribution is 7.80. The van der Waals surface area contributed by atoms with Gasteiger partial charge in [-0.1, -0.05) is 173 Å². The van der Waals surface area contributed by atoms with Crippen LogP contribution in [0.25, 0.3) is 0 Å². The Morgan fingerprint density at radius 3 is 1.63 bits per heavy atom. The van der Waals surface area contributed by atoms with Crippen LogP contribution in [0.1, 0.15) is 200 Å². The number of aliphatic hydroxyl groups is 3. The van der Waals surface area contributed by atoms with E-state index in [9.17, 15) is 28.5 Å². The smallest absolute Gasteiger partial charge is 0.397 e. The molecule has 1 rings (SSSR count). The molecule has 6 atom stereocenters. The average molecular weight is 863 g/mol. The molecule has 59 heavy (non-hydrogen) atoms. The fraction of sp³-hybridized carbons (Fsp3) is 0.891. The van der Waals surface area contributed by atoms with Gasteiger partial charge in [0.1, 0.15) is 30.5 Å². The summed E-state index contributed by atoms with van der Waals surface area (Å²) in [5.74, 6) is -0.404. The van der Waals surface area contributed by atoms with E-state index in [0.717, 1.165) is 51.4 Å². The molecule has 6 unspecified atom stereocenters. The molecule has 0 radical (unpaired) electrons. The number of rotatable bonds is 41. The molecule has 0 aromatic carbocycles. The van der Waals surface area contributed by atoms with Gasteiger partial charge in [-0.05, 0) is 44.9 Å². The van der Waals surface area contributed by atoms with Crippen LogP contribution in [0.2, 0.25) is 0 Å². The quantitative estimate of drug-likeness (QED) is 0.0198. The van der Waals surface area contributed by atoms with Gasteiger partial charge in [0.25, 0.3) is 0 Å². The van der Waals surface area contributed by atoms with Crippen LogP contribution < -0.4 is 0 Å². The fourth-order valence-corrected chi connectivity index (χ4v) is 7.74. The fourth-order valence-electron chi connectivity index (χ4n) is 7.23. The van der Waals surface area contributed by atoms with Crippen molar-refractivity contribution in [2.75, 3.05) is 26.4 Å². The van der Waals surface area contributed by atoms with E-state index in [1.54, 1.807) is 0 Å². The Hall–Kier alpha value is -1.42. The van der Waals surface area contributed by atoms with Gasteiger partial charge < -0.3 is 34.3 Å². The molecular weight excluding hydrogens is 777 g/mol. The van der Waals surface area contributed by atoms with E-state index in [0.29, 0.717) is 13.0 Å². The van der Waals surface area contributed by atoms with Gasteiger partial charge >= 0.3 is 16.4 Å². The summed E-state index contributed by atoms with van der Waals surface area (Å²) in [4.78, 5) is 12.9. The summed E-state index contributed by atoms with van der Waals surface area (Å²) in [6, 6.07) is 0. The zero-order valence-electron chi connectivity index (χ0n) is 37.1. The van der Waals surface area contributed by atoms with Crippen LogP contribution in [0, 0.1) is 0 Å². The molecule has 0 aliphatic carbocycles. The predicted molar refractivity (Wildman–Crippen MR) is 234 cm³/mol. The molecular formula is C46H86O12S. The number of hydrogen-bond donors (Lipinski definition) is 4. The minimum absolute atomic E-state index is 0.0367. The van der Waals surface area contributed by atoms with Crippen molar-refractivity contribution in [1.29, 1.82) is 0 Å². The zero-order chi connectivity index (χ0) is 43.2. The highest BCUT2D eigenvalue weighted by atomic mass is 32.3. The van der Waals surface area contributed by atoms with Crippen molar-refractivity contribution in [2.45, 2.75) is 237 Å². The van der Waals surface area contributed by atoms with Crippen LogP contribution in [0.15, 0.2) is 24.3 Å². The molecule has 1 aliphatic rings. The van der Waals surface area contributed by atoms with Crippen molar-refractivity contribution >= 4 is 16.4 Å². The third kappa shape index (κ3) is 32.0. The Bertz CT molecular complexity index is 1130. The number of carbonyl (C=O) groups is 1. The summed E-state index contributed by atoms with van der Waals surface area (Å²) in [5.41, 5.74) is 0. The molecule has 1 aliphatic heterocycles. The van der Waals surface area contributed by atoms with Crippen molar-refractivity contribution < 1.29 is 56.2 Å². The second-order valence-electron chi connectivity index (χ2n) is 16.4. The number of ether oxygens (including phenoxy) is 4. The monoisotopic (exact) mass is 863 g/mol. The molecule has 0 aromatic rings. The Morgan fingerprint density at radius 1 is 0.644 bits per heavy atom. The Balaban J connectivity index is 2.41. The molecule has 4 N–H and O–H groups in total. The summed E-state index contributed by atoms with van der Waals surface area (Å²) in [7, 11) is -5.06. The summed E-state index contributed by atoms with van der Waals surface area (Å²) in [6.45, 7) is 3.98. The number of carbonyl (C=O) groups excluding carboxylic acids is 1. The molecule has 1 fully saturated rings. The molecule has 0 bridgehead atoms. The molecule has 1 heterocycles. The molecule has 13 heteroatoms. The lowest BCUT2D eigenvalue weighted by Crippen LogP contribution is -2.60. The van der Waals surface area contributed by atoms with Gasteiger partial charge in [0.2, 0.25) is 0 Å². The van der Waals surface area contributed by atoms with Gasteiger partial charge in [-0.2, -0.15) is 8.42 Å². The van der Waals surface area contributed by atoms with Gasteiger partial charge in [-0.25, -0.2) is 4.18 Å². The molecule has 0 aromatic heterocycles. The summed E-state index contributed by atoms with van der Waals surface area (Å²) < 4.78 is 59.1. The van der Waals surface area contributed by atoms with Gasteiger partial charge in [-0.3, -0.25) is 9.35 Å². The first-order chi connectivity index (χ1) is 28.6. The Morgan fingerprint density at radius 2 is 1.12 bits per heavy atom. The number of aliphatic hydroxyl groups excluding tert-OH is 3. The van der Waals surface area contributed by atoms with Crippen molar-refractivity contribution in [3.05, 3.63) is 24.3 Å². The first-order valence-corrected chi connectivity index (χ1v) is 25.0. The zero-order valence-corrected chi connectivity index (χ0v) is 37.9. The van der Waals surface area contributed by atoms with E-state index in [2.05, 4.69) is 42.3 Å². The predicted octanol–water partition coefficient (Wildman–Crippen LogP) is 10.0. The maximum absolute atomic E-state index is 12.9. The van der Waals surface area contributed by atoms with E-state index in [-0.39, 0.29) is 19.6 Å². The Labute approximate surface area is 359 Å². The van der Waals surface area contributed by atoms with Gasteiger partial charge in [0.05, 0.1) is 19.8 Å². The molecule has 0 amide bonds. The van der Waals surface area contributed by atoms with E-state index in [1.165, 1.54) is 122 Å². The number of esters is 1. The van der Waals surface area contributed by atoms with Gasteiger partial charge in [0.15, 0.2) is 6.29 Å². The third-order valence-corrected chi connectivity index (χ3v) is 11.3. The van der Waals surface area contributed by atoms with E-state index >= 15 is 0 Å². The van der Waals surface area contributed by atoms with Crippen molar-refractivity contribution in [1.82, 2.24) is 0 Å². The SMILES string of the molecule is CCCCCC/C=C\C/C=C\CCCCCCCCCC(=O)OC(COCCCCCCCCCCCCCCCC)COC1OC(CO)C(O)C(OS(=O)(=O)O)C1O. The van der Waals surface area contributed by atoms with E-state index < -0.39 is 59.8 Å². The van der Waals surface area contributed by atoms with E-state index in [4.69, 9.17) is 23.5 Å². The van der Waals surface area contributed by atoms with Crippen LogP contribution >= 0.6 is 0 Å². The topological polar surface area (TPSA) is 178 Å². The highest BCUT2D eigenvalue weighted by Crippen LogP contribution is 2.26. The summed E-state index contributed by atoms with van der Waals surface area (Å²) >= 11 is 0. The number of hydrogen-bond acceptors (Lipinski definition) is 11. The molecule has 0 spiro atoms. The lowest BCUT2D eigenvalue weighted by Gasteiger charge is -2.41. The lowest BCUT2D eigenvalue weighted by atomic mass is 9.99. The first kappa shape index (κ1) is 55.6. The maximum atomic E-state index is 12.9. The van der Waals surface area contributed by atoms with Crippen LogP contribution in [-0.2, 0) is 38.3 Å². The van der Waals surface area contributed by atoms with Gasteiger partial charge in [-0.15, -0.1) is 0 Å². The minimum atomic E-state index is -5.06. The minimum Gasteiger partial charge on any atom is -0.457 e. The second kappa shape index (κ2) is 38.3. The molecule has 0 saturated carbocycles. The largest absolute Gasteiger partial charge is 0.457 e. The summed E-state index contributed by atoms with van der Waals surface area (Å²) in [6.07, 6.45) is 33.5. The second-order valence-corrected chi connectivity index (χ2v) is 17.4. The molecule has 1 saturated heterocycles. The first-order valence-electron chi connectivity index (χ1n) is 23.6. The van der Waals surface area contributed by atoms with Crippen LogP contribution in [0.5, 0.6) is 0 Å². The average Bonchev–Trinajstić information content (AvgIpc) is 3.20. The number of allylic oxidation sites excluding steroid dienone is 4. The Kier molecular flexibility index (Phi) is 36.1. The van der Waals surface area contributed by atoms with Crippen molar-refractivity contribution in [3.8, 4) is 0 Å².